The molecule has 0 aliphatic rings. The summed E-state index contributed by atoms with van der Waals surface area (Å²) >= 11 is 0. The predicted octanol–water partition coefficient (Wildman–Crippen LogP) is 4.86. The molecule has 0 aliphatic carbocycles. The van der Waals surface area contributed by atoms with Crippen LogP contribution in [0.2, 0.25) is 0 Å². The van der Waals surface area contributed by atoms with Crippen LogP contribution in [0.25, 0.3) is 5.43 Å². The summed E-state index contributed by atoms with van der Waals surface area (Å²) in [5, 5.41) is 22.4. The fourth-order valence-electron chi connectivity index (χ4n) is 2.70. The van der Waals surface area contributed by atoms with E-state index in [2.05, 4.69) is 20.8 Å². The number of aromatic hydroxyl groups is 1. The molecule has 9 nitrogen and oxygen atoms in total. The molecule has 0 atom stereocenters. The number of phenolic OH excluding ortho intramolecular Hbond substituents is 1. The zero-order chi connectivity index (χ0) is 23.3. The number of carbonyl (C=O) groups excluding carboxylic acids is 1. The Morgan fingerprint density at radius 3 is 2.36 bits per heavy atom. The minimum atomic E-state index is -4.51. The summed E-state index contributed by atoms with van der Waals surface area (Å²) in [6.07, 6.45) is 1.81. The molecule has 0 spiro atoms. The van der Waals surface area contributed by atoms with Crippen molar-refractivity contribution in [1.82, 2.24) is 0 Å². The molecule has 0 amide bonds. The Balaban J connectivity index is 0.00000385. The number of hydrogen-bond acceptors (Lipinski definition) is 6. The van der Waals surface area contributed by atoms with Crippen LogP contribution in [0, 0.1) is 13.8 Å². The van der Waals surface area contributed by atoms with Gasteiger partial charge in [-0.15, -0.1) is 16.2 Å². The van der Waals surface area contributed by atoms with Crippen molar-refractivity contribution in [2.45, 2.75) is 18.7 Å². The molecule has 0 bridgehead atoms. The molecule has 0 unspecified atom stereocenters. The van der Waals surface area contributed by atoms with E-state index in [4.69, 9.17) is 0 Å². The van der Waals surface area contributed by atoms with Crippen molar-refractivity contribution in [1.29, 1.82) is 0 Å². The number of aryl methyl sites for hydroxylation is 2. The summed E-state index contributed by atoms with van der Waals surface area (Å²) in [6.45, 7) is 3.28. The Morgan fingerprint density at radius 2 is 1.73 bits per heavy atom. The predicted molar refractivity (Wildman–Crippen MR) is 119 cm³/mol. The molecule has 0 heterocycles. The van der Waals surface area contributed by atoms with Crippen LogP contribution in [0.1, 0.15) is 22.3 Å². The van der Waals surface area contributed by atoms with Crippen LogP contribution in [0.4, 0.5) is 11.4 Å². The van der Waals surface area contributed by atoms with E-state index in [1.54, 1.807) is 48.5 Å². The summed E-state index contributed by atoms with van der Waals surface area (Å²) < 4.78 is 32.3. The fourth-order valence-corrected chi connectivity index (χ4v) is 3.28. The van der Waals surface area contributed by atoms with E-state index in [1.807, 2.05) is 13.2 Å². The molecule has 11 heteroatoms. The van der Waals surface area contributed by atoms with Crippen molar-refractivity contribution < 1.29 is 39.9 Å². The van der Waals surface area contributed by atoms with E-state index in [-0.39, 0.29) is 51.2 Å². The molecule has 33 heavy (non-hydrogen) atoms. The Morgan fingerprint density at radius 1 is 1.03 bits per heavy atom. The van der Waals surface area contributed by atoms with Gasteiger partial charge < -0.3 is 20.4 Å². The molecular weight excluding hydrogens is 496 g/mol. The molecule has 0 aliphatic heterocycles. The molecule has 0 saturated heterocycles. The maximum absolute atomic E-state index is 11.5. The topological polar surface area (TPSA) is 143 Å². The van der Waals surface area contributed by atoms with Crippen LogP contribution >= 0.6 is 0 Å². The third kappa shape index (κ3) is 6.56. The largest absolute Gasteiger partial charge is 2.00 e. The van der Waals surface area contributed by atoms with Gasteiger partial charge in [0.15, 0.2) is 5.84 Å². The van der Waals surface area contributed by atoms with Crippen molar-refractivity contribution in [3.05, 3.63) is 88.3 Å². The van der Waals surface area contributed by atoms with E-state index in [0.29, 0.717) is 5.56 Å². The van der Waals surface area contributed by atoms with Gasteiger partial charge in [0.1, 0.15) is 5.75 Å². The molecule has 2 N–H and O–H groups in total. The van der Waals surface area contributed by atoms with Crippen LogP contribution in [0.3, 0.4) is 0 Å². The number of phenols is 1. The van der Waals surface area contributed by atoms with Crippen molar-refractivity contribution in [3.8, 4) is 5.75 Å². The maximum Gasteiger partial charge on any atom is 2.00 e. The van der Waals surface area contributed by atoms with Gasteiger partial charge in [0, 0.05) is 5.56 Å². The van der Waals surface area contributed by atoms with Gasteiger partial charge in [-0.2, -0.15) is 14.5 Å². The average molecular weight is 514 g/mol. The molecule has 173 valence electrons. The quantitative estimate of drug-likeness (QED) is 0.0919. The van der Waals surface area contributed by atoms with Gasteiger partial charge in [0.05, 0.1) is 11.2 Å². The number of nitrogens with zero attached hydrogens (tertiary/aromatic N) is 4. The van der Waals surface area contributed by atoms with Crippen molar-refractivity contribution in [3.63, 3.8) is 0 Å². The van der Waals surface area contributed by atoms with E-state index >= 15 is 0 Å². The third-order valence-electron chi connectivity index (χ3n) is 4.35. The summed E-state index contributed by atoms with van der Waals surface area (Å²) in [5.74, 6) is -0.265. The number of benzene rings is 3. The SMILES string of the molecule is Cc1ccc(N=N/C(=N\[N-]c2cc(S(=O)(=O)O)cc(C)c2O)c2ccccc2)c([C-]=O)c1.[Cu+2]. The first-order valence-corrected chi connectivity index (χ1v) is 10.7. The molecular formula is C22H18CuN4O5S. The van der Waals surface area contributed by atoms with E-state index in [1.165, 1.54) is 6.92 Å². The zero-order valence-electron chi connectivity index (χ0n) is 17.4. The monoisotopic (exact) mass is 513 g/mol. The van der Waals surface area contributed by atoms with E-state index in [0.717, 1.165) is 17.7 Å². The first-order valence-electron chi connectivity index (χ1n) is 9.25. The first-order chi connectivity index (χ1) is 15.2. The van der Waals surface area contributed by atoms with Gasteiger partial charge in [-0.3, -0.25) is 4.55 Å². The molecule has 3 aromatic rings. The molecule has 3 aromatic carbocycles. The second-order valence-electron chi connectivity index (χ2n) is 6.80. The Bertz CT molecular complexity index is 1330. The second kappa shape index (κ2) is 11.0. The summed E-state index contributed by atoms with van der Waals surface area (Å²) in [5.41, 5.74) is 5.82. The number of rotatable bonds is 6. The molecule has 3 rings (SSSR count). The van der Waals surface area contributed by atoms with Gasteiger partial charge in [0.25, 0.3) is 10.1 Å². The molecule has 0 fully saturated rings. The van der Waals surface area contributed by atoms with Gasteiger partial charge in [0.2, 0.25) is 0 Å². The van der Waals surface area contributed by atoms with E-state index < -0.39 is 15.0 Å². The fraction of sp³-hybridized carbons (Fsp3) is 0.0909. The van der Waals surface area contributed by atoms with Gasteiger partial charge in [-0.05, 0) is 24.2 Å². The Hall–Kier alpha value is -3.37. The van der Waals surface area contributed by atoms with Gasteiger partial charge in [-0.25, -0.2) is 5.11 Å². The van der Waals surface area contributed by atoms with Crippen LogP contribution in [-0.2, 0) is 32.0 Å². The van der Waals surface area contributed by atoms with Crippen molar-refractivity contribution in [2.75, 3.05) is 0 Å². The maximum atomic E-state index is 11.5. The average Bonchev–Trinajstić information content (AvgIpc) is 2.76. The first kappa shape index (κ1) is 25.9. The molecule has 0 aromatic heterocycles. The molecule has 0 saturated carbocycles. The minimum absolute atomic E-state index is 0. The van der Waals surface area contributed by atoms with Crippen LogP contribution in [0.15, 0.2) is 80.9 Å². The van der Waals surface area contributed by atoms with Crippen molar-refractivity contribution >= 4 is 33.6 Å². The zero-order valence-corrected chi connectivity index (χ0v) is 19.1. The van der Waals surface area contributed by atoms with Gasteiger partial charge in [-0.1, -0.05) is 61.1 Å². The second-order valence-corrected chi connectivity index (χ2v) is 8.22. The van der Waals surface area contributed by atoms with Crippen LogP contribution in [-0.4, -0.2) is 30.2 Å². The minimum Gasteiger partial charge on any atom is -0.571 e. The third-order valence-corrected chi connectivity index (χ3v) is 5.18. The smallest absolute Gasteiger partial charge is 0.571 e. The Labute approximate surface area is 201 Å². The van der Waals surface area contributed by atoms with Gasteiger partial charge >= 0.3 is 17.1 Å². The van der Waals surface area contributed by atoms with Crippen LogP contribution in [0.5, 0.6) is 5.75 Å². The molecule has 1 radical (unpaired) electrons. The van der Waals surface area contributed by atoms with Crippen LogP contribution < -0.4 is 0 Å². The summed E-state index contributed by atoms with van der Waals surface area (Å²) in [6, 6.07) is 15.8. The number of azo groups is 1. The summed E-state index contributed by atoms with van der Waals surface area (Å²) in [7, 11) is -4.51. The number of amidine groups is 1. The van der Waals surface area contributed by atoms with E-state index in [9.17, 15) is 22.9 Å². The normalized spacial score (nSPS) is 11.8. The summed E-state index contributed by atoms with van der Waals surface area (Å²) in [4.78, 5) is 10.8. The Kier molecular flexibility index (Phi) is 8.61. The number of hydrogen-bond donors (Lipinski definition) is 2. The standard InChI is InChI=1S/C22H18N4O5S.Cu/c1-14-8-9-19(17(10-14)13-27)23-25-22(16-6-4-3-5-7-16)26-24-20-12-18(32(29,30)31)11-15(2)21(20)28;/h3-12H,1-2H3,(H2-,23,24,25,26,27,28,29,30,31);/q-2;+2. The van der Waals surface area contributed by atoms with Crippen molar-refractivity contribution in [2.24, 2.45) is 15.3 Å².